The van der Waals surface area contributed by atoms with E-state index in [9.17, 15) is 0 Å². The second-order valence-corrected chi connectivity index (χ2v) is 5.32. The maximum atomic E-state index is 5.92. The van der Waals surface area contributed by atoms with Crippen molar-refractivity contribution < 1.29 is 0 Å². The summed E-state index contributed by atoms with van der Waals surface area (Å²) in [7, 11) is 0. The van der Waals surface area contributed by atoms with Crippen LogP contribution in [-0.2, 0) is 0 Å². The quantitative estimate of drug-likeness (QED) is 0.802. The predicted molar refractivity (Wildman–Crippen MR) is 71.9 cm³/mol. The summed E-state index contributed by atoms with van der Waals surface area (Å²) in [6.45, 7) is 9.97. The Labute approximate surface area is 104 Å². The highest BCUT2D eigenvalue weighted by Crippen LogP contribution is 2.36. The van der Waals surface area contributed by atoms with Gasteiger partial charge in [0, 0.05) is 11.1 Å². The van der Waals surface area contributed by atoms with Crippen LogP contribution in [0.25, 0.3) is 0 Å². The summed E-state index contributed by atoms with van der Waals surface area (Å²) in [5, 5.41) is 4.37. The Bertz CT molecular complexity index is 316. The molecule has 0 aliphatic rings. The van der Waals surface area contributed by atoms with Crippen LogP contribution in [0.3, 0.4) is 0 Å². The average Bonchev–Trinajstić information content (AvgIpc) is 2.27. The fourth-order valence-corrected chi connectivity index (χ4v) is 2.03. The van der Waals surface area contributed by atoms with Crippen LogP contribution in [0.5, 0.6) is 0 Å². The Hall–Kier alpha value is -0.530. The van der Waals surface area contributed by atoms with E-state index >= 15 is 0 Å². The molecule has 1 unspecified atom stereocenters. The summed E-state index contributed by atoms with van der Waals surface area (Å²) in [5.74, 6) is 0. The molecule has 16 heavy (non-hydrogen) atoms. The summed E-state index contributed by atoms with van der Waals surface area (Å²) < 4.78 is 0. The summed E-state index contributed by atoms with van der Waals surface area (Å²) in [4.78, 5) is 0. The third-order valence-corrected chi connectivity index (χ3v) is 3.56. The molecule has 0 amide bonds. The minimum atomic E-state index is 0.254. The maximum Gasteiger partial charge on any atom is 0.0406 e. The van der Waals surface area contributed by atoms with Crippen molar-refractivity contribution in [2.75, 3.05) is 6.54 Å². The van der Waals surface area contributed by atoms with Gasteiger partial charge in [-0.15, -0.1) is 0 Å². The van der Waals surface area contributed by atoms with Crippen molar-refractivity contribution in [2.24, 2.45) is 5.41 Å². The van der Waals surface area contributed by atoms with Gasteiger partial charge in [0.2, 0.25) is 0 Å². The highest BCUT2D eigenvalue weighted by atomic mass is 35.5. The molecule has 0 aromatic heterocycles. The summed E-state index contributed by atoms with van der Waals surface area (Å²) in [6, 6.07) is 8.56. The van der Waals surface area contributed by atoms with E-state index < -0.39 is 0 Å². The van der Waals surface area contributed by atoms with Gasteiger partial charge < -0.3 is 5.32 Å². The predicted octanol–water partition coefficient (Wildman–Crippen LogP) is 4.43. The Balaban J connectivity index is 2.97. The first-order chi connectivity index (χ1) is 7.51. The van der Waals surface area contributed by atoms with E-state index in [0.29, 0.717) is 6.04 Å². The molecule has 0 aliphatic heterocycles. The standard InChI is InChI=1S/C14H22ClN/c1-5-14(3,4)13(16-6-2)11-7-9-12(15)10-8-11/h7-10,13,16H,5-6H2,1-4H3. The van der Waals surface area contributed by atoms with Crippen LogP contribution >= 0.6 is 11.6 Å². The largest absolute Gasteiger partial charge is 0.310 e. The molecule has 1 aromatic carbocycles. The lowest BCUT2D eigenvalue weighted by Crippen LogP contribution is -2.33. The zero-order valence-corrected chi connectivity index (χ0v) is 11.4. The lowest BCUT2D eigenvalue weighted by atomic mass is 9.78. The van der Waals surface area contributed by atoms with Crippen molar-refractivity contribution >= 4 is 11.6 Å². The Morgan fingerprint density at radius 3 is 2.19 bits per heavy atom. The van der Waals surface area contributed by atoms with Crippen molar-refractivity contribution in [3.05, 3.63) is 34.9 Å². The van der Waals surface area contributed by atoms with Crippen LogP contribution in [0.15, 0.2) is 24.3 Å². The Kier molecular flexibility index (Phi) is 4.82. The van der Waals surface area contributed by atoms with Crippen molar-refractivity contribution in [1.82, 2.24) is 5.32 Å². The van der Waals surface area contributed by atoms with Crippen molar-refractivity contribution in [3.63, 3.8) is 0 Å². The monoisotopic (exact) mass is 239 g/mol. The second-order valence-electron chi connectivity index (χ2n) is 4.88. The fraction of sp³-hybridized carbons (Fsp3) is 0.571. The summed E-state index contributed by atoms with van der Waals surface area (Å²) >= 11 is 5.92. The molecule has 0 aliphatic carbocycles. The topological polar surface area (TPSA) is 12.0 Å². The van der Waals surface area contributed by atoms with E-state index in [2.05, 4.69) is 45.1 Å². The lowest BCUT2D eigenvalue weighted by Gasteiger charge is -2.34. The van der Waals surface area contributed by atoms with Crippen LogP contribution in [0.4, 0.5) is 0 Å². The van der Waals surface area contributed by atoms with Gasteiger partial charge in [-0.1, -0.05) is 51.4 Å². The molecule has 0 spiro atoms. The minimum absolute atomic E-state index is 0.254. The van der Waals surface area contributed by atoms with E-state index in [1.165, 1.54) is 5.56 Å². The smallest absolute Gasteiger partial charge is 0.0406 e. The molecule has 0 bridgehead atoms. The zero-order valence-electron chi connectivity index (χ0n) is 10.7. The molecule has 1 rings (SSSR count). The van der Waals surface area contributed by atoms with Gasteiger partial charge in [0.25, 0.3) is 0 Å². The first-order valence-electron chi connectivity index (χ1n) is 6.00. The number of hydrogen-bond acceptors (Lipinski definition) is 1. The maximum absolute atomic E-state index is 5.92. The van der Waals surface area contributed by atoms with Crippen molar-refractivity contribution in [2.45, 2.75) is 40.2 Å². The van der Waals surface area contributed by atoms with E-state index in [0.717, 1.165) is 18.0 Å². The molecular weight excluding hydrogens is 218 g/mol. The first kappa shape index (κ1) is 13.5. The Morgan fingerprint density at radius 1 is 1.19 bits per heavy atom. The van der Waals surface area contributed by atoms with Gasteiger partial charge in [-0.2, -0.15) is 0 Å². The fourth-order valence-electron chi connectivity index (χ4n) is 1.91. The van der Waals surface area contributed by atoms with E-state index in [1.54, 1.807) is 0 Å². The van der Waals surface area contributed by atoms with Crippen LogP contribution in [0.1, 0.15) is 45.7 Å². The number of hydrogen-bond donors (Lipinski definition) is 1. The molecule has 0 heterocycles. The summed E-state index contributed by atoms with van der Waals surface area (Å²) in [5.41, 5.74) is 1.57. The molecular formula is C14H22ClN. The number of rotatable bonds is 5. The molecule has 0 saturated heterocycles. The van der Waals surface area contributed by atoms with Gasteiger partial charge in [0.05, 0.1) is 0 Å². The lowest BCUT2D eigenvalue weighted by molar-refractivity contribution is 0.237. The third kappa shape index (κ3) is 3.23. The minimum Gasteiger partial charge on any atom is -0.310 e. The van der Waals surface area contributed by atoms with E-state index in [4.69, 9.17) is 11.6 Å². The molecule has 2 heteroatoms. The number of nitrogens with one attached hydrogen (secondary N) is 1. The molecule has 1 N–H and O–H groups in total. The van der Waals surface area contributed by atoms with Crippen molar-refractivity contribution in [3.8, 4) is 0 Å². The van der Waals surface area contributed by atoms with E-state index in [-0.39, 0.29) is 5.41 Å². The second kappa shape index (κ2) is 5.70. The van der Waals surface area contributed by atoms with Gasteiger partial charge in [-0.25, -0.2) is 0 Å². The third-order valence-electron chi connectivity index (χ3n) is 3.30. The zero-order chi connectivity index (χ0) is 12.2. The van der Waals surface area contributed by atoms with Crippen molar-refractivity contribution in [1.29, 1.82) is 0 Å². The molecule has 1 nitrogen and oxygen atoms in total. The van der Waals surface area contributed by atoms with Gasteiger partial charge in [-0.05, 0) is 36.1 Å². The van der Waals surface area contributed by atoms with Crippen LogP contribution in [0, 0.1) is 5.41 Å². The first-order valence-corrected chi connectivity index (χ1v) is 6.38. The van der Waals surface area contributed by atoms with E-state index in [1.807, 2.05) is 12.1 Å². The van der Waals surface area contributed by atoms with Crippen LogP contribution < -0.4 is 5.32 Å². The average molecular weight is 240 g/mol. The van der Waals surface area contributed by atoms with Crippen LogP contribution in [0.2, 0.25) is 5.02 Å². The summed E-state index contributed by atoms with van der Waals surface area (Å²) in [6.07, 6.45) is 1.15. The Morgan fingerprint density at radius 2 is 1.75 bits per heavy atom. The van der Waals surface area contributed by atoms with Gasteiger partial charge in [0.15, 0.2) is 0 Å². The van der Waals surface area contributed by atoms with Crippen LogP contribution in [-0.4, -0.2) is 6.54 Å². The number of halogens is 1. The molecule has 1 atom stereocenters. The SMILES string of the molecule is CCNC(c1ccc(Cl)cc1)C(C)(C)CC. The van der Waals surface area contributed by atoms with Gasteiger partial charge in [-0.3, -0.25) is 0 Å². The highest BCUT2D eigenvalue weighted by molar-refractivity contribution is 6.30. The molecule has 1 aromatic rings. The van der Waals surface area contributed by atoms with Gasteiger partial charge in [0.1, 0.15) is 0 Å². The van der Waals surface area contributed by atoms with Gasteiger partial charge >= 0.3 is 0 Å². The molecule has 90 valence electrons. The molecule has 0 radical (unpaired) electrons. The highest BCUT2D eigenvalue weighted by Gasteiger charge is 2.28. The normalized spacial score (nSPS) is 13.8. The molecule has 0 saturated carbocycles. The molecule has 0 fully saturated rings. The number of benzene rings is 1.